The largest absolute Gasteiger partial charge is 0.363 e. The van der Waals surface area contributed by atoms with E-state index in [1.54, 1.807) is 17.0 Å². The number of nitrogens with zero attached hydrogens (tertiary/aromatic N) is 1. The summed E-state index contributed by atoms with van der Waals surface area (Å²) in [4.78, 5) is 14.1. The van der Waals surface area contributed by atoms with Gasteiger partial charge >= 0.3 is 0 Å². The third-order valence-corrected chi connectivity index (χ3v) is 4.02. The number of ether oxygens (including phenoxy) is 1. The second-order valence-electron chi connectivity index (χ2n) is 5.75. The fourth-order valence-electron chi connectivity index (χ4n) is 2.49. The van der Waals surface area contributed by atoms with Gasteiger partial charge in [-0.25, -0.2) is 4.39 Å². The van der Waals surface area contributed by atoms with E-state index in [0.717, 1.165) is 18.7 Å². The Labute approximate surface area is 125 Å². The number of hydrogen-bond donors (Lipinski definition) is 1. The summed E-state index contributed by atoms with van der Waals surface area (Å²) in [5.41, 5.74) is 0.692. The van der Waals surface area contributed by atoms with Crippen molar-refractivity contribution < 1.29 is 13.9 Å². The highest BCUT2D eigenvalue weighted by molar-refractivity contribution is 5.78. The summed E-state index contributed by atoms with van der Waals surface area (Å²) in [5, 5.41) is 3.14. The van der Waals surface area contributed by atoms with Crippen molar-refractivity contribution in [2.75, 3.05) is 26.2 Å². The molecule has 0 radical (unpaired) electrons. The molecular weight excluding hydrogens is 271 g/mol. The number of carbonyl (C=O) groups is 1. The lowest BCUT2D eigenvalue weighted by Crippen LogP contribution is -2.59. The monoisotopic (exact) mass is 294 g/mol. The summed E-state index contributed by atoms with van der Waals surface area (Å²) in [5.74, 6) is -0.309. The molecule has 21 heavy (non-hydrogen) atoms. The molecule has 1 aromatic rings. The van der Waals surface area contributed by atoms with Crippen molar-refractivity contribution in [1.29, 1.82) is 0 Å². The van der Waals surface area contributed by atoms with Gasteiger partial charge < -0.3 is 15.0 Å². The molecule has 0 aliphatic carbocycles. The third-order valence-electron chi connectivity index (χ3n) is 4.02. The van der Waals surface area contributed by atoms with Crippen LogP contribution in [0.25, 0.3) is 0 Å². The summed E-state index contributed by atoms with van der Waals surface area (Å²) in [6.07, 6.45) is 0. The van der Waals surface area contributed by atoms with Crippen LogP contribution in [-0.2, 0) is 9.53 Å². The van der Waals surface area contributed by atoms with Gasteiger partial charge in [-0.15, -0.1) is 0 Å². The van der Waals surface area contributed by atoms with Crippen LogP contribution in [-0.4, -0.2) is 42.6 Å². The molecule has 0 spiro atoms. The van der Waals surface area contributed by atoms with E-state index in [0.29, 0.717) is 6.54 Å². The zero-order valence-electron chi connectivity index (χ0n) is 12.9. The number of nitrogens with one attached hydrogen (secondary N) is 1. The predicted molar refractivity (Wildman–Crippen MR) is 79.4 cm³/mol. The van der Waals surface area contributed by atoms with E-state index in [2.05, 4.69) is 5.32 Å². The Morgan fingerprint density at radius 2 is 2.05 bits per heavy atom. The number of rotatable bonds is 6. The summed E-state index contributed by atoms with van der Waals surface area (Å²) >= 11 is 0. The molecule has 5 heteroatoms. The van der Waals surface area contributed by atoms with E-state index >= 15 is 0 Å². The first kappa shape index (κ1) is 15.9. The zero-order valence-corrected chi connectivity index (χ0v) is 12.9. The quantitative estimate of drug-likeness (QED) is 0.874. The normalized spacial score (nSPS) is 17.9. The number of likely N-dealkylation sites (N-methyl/N-ethyl adjacent to an activating group) is 1. The van der Waals surface area contributed by atoms with Crippen molar-refractivity contribution in [2.24, 2.45) is 0 Å². The summed E-state index contributed by atoms with van der Waals surface area (Å²) < 4.78 is 18.7. The van der Waals surface area contributed by atoms with E-state index in [1.165, 1.54) is 12.1 Å². The van der Waals surface area contributed by atoms with Gasteiger partial charge in [0.1, 0.15) is 12.4 Å². The Morgan fingerprint density at radius 1 is 1.43 bits per heavy atom. The van der Waals surface area contributed by atoms with Crippen molar-refractivity contribution in [2.45, 2.75) is 32.4 Å². The average molecular weight is 294 g/mol. The molecule has 0 bridgehead atoms. The van der Waals surface area contributed by atoms with E-state index in [4.69, 9.17) is 4.74 Å². The molecule has 0 saturated carbocycles. The second-order valence-corrected chi connectivity index (χ2v) is 5.75. The van der Waals surface area contributed by atoms with E-state index in [1.807, 2.05) is 20.8 Å². The van der Waals surface area contributed by atoms with Crippen LogP contribution >= 0.6 is 0 Å². The lowest BCUT2D eigenvalue weighted by atomic mass is 10.0. The Bertz CT molecular complexity index is 486. The number of benzene rings is 1. The maximum Gasteiger partial charge on any atom is 0.249 e. The topological polar surface area (TPSA) is 41.6 Å². The van der Waals surface area contributed by atoms with Gasteiger partial charge in [-0.1, -0.05) is 12.1 Å². The molecule has 1 unspecified atom stereocenters. The van der Waals surface area contributed by atoms with E-state index < -0.39 is 0 Å². The molecule has 1 aliphatic rings. The van der Waals surface area contributed by atoms with Gasteiger partial charge in [0, 0.05) is 19.6 Å². The maximum atomic E-state index is 13.0. The number of hydrogen-bond acceptors (Lipinski definition) is 3. The van der Waals surface area contributed by atoms with Crippen molar-refractivity contribution in [3.8, 4) is 0 Å². The molecule has 1 heterocycles. The third kappa shape index (κ3) is 3.80. The van der Waals surface area contributed by atoms with Crippen LogP contribution in [0, 0.1) is 5.82 Å². The number of carbonyl (C=O) groups excluding carboxylic acids is 1. The minimum absolute atomic E-state index is 0.0394. The minimum atomic E-state index is -0.269. The molecule has 0 aromatic heterocycles. The van der Waals surface area contributed by atoms with Crippen molar-refractivity contribution in [3.05, 3.63) is 35.6 Å². The fourth-order valence-corrected chi connectivity index (χ4v) is 2.49. The molecule has 1 saturated heterocycles. The van der Waals surface area contributed by atoms with Crippen LogP contribution < -0.4 is 5.32 Å². The highest BCUT2D eigenvalue weighted by atomic mass is 19.1. The van der Waals surface area contributed by atoms with Crippen molar-refractivity contribution in [3.63, 3.8) is 0 Å². The van der Waals surface area contributed by atoms with Gasteiger partial charge in [-0.3, -0.25) is 4.79 Å². The first-order chi connectivity index (χ1) is 9.95. The maximum absolute atomic E-state index is 13.0. The van der Waals surface area contributed by atoms with Gasteiger partial charge in [0.2, 0.25) is 5.91 Å². The van der Waals surface area contributed by atoms with Gasteiger partial charge in [-0.2, -0.15) is 0 Å². The Morgan fingerprint density at radius 3 is 2.52 bits per heavy atom. The molecule has 2 rings (SSSR count). The van der Waals surface area contributed by atoms with E-state index in [9.17, 15) is 9.18 Å². The van der Waals surface area contributed by atoms with Crippen LogP contribution in [0.2, 0.25) is 0 Å². The fraction of sp³-hybridized carbons (Fsp3) is 0.562. The molecule has 1 aliphatic heterocycles. The molecular formula is C16H23FN2O2. The summed E-state index contributed by atoms with van der Waals surface area (Å²) in [6.45, 7) is 8.11. The molecule has 1 aromatic carbocycles. The molecule has 116 valence electrons. The van der Waals surface area contributed by atoms with Gasteiger partial charge in [0.25, 0.3) is 0 Å². The van der Waals surface area contributed by atoms with Crippen molar-refractivity contribution >= 4 is 5.91 Å². The standard InChI is InChI=1S/C16H23FN2O2/c1-4-19(12(2)13-5-7-14(17)8-6-13)15(20)9-21-16(3)10-18-11-16/h5-8,12,18H,4,9-11H2,1-3H3. The van der Waals surface area contributed by atoms with Crippen LogP contribution in [0.1, 0.15) is 32.4 Å². The average Bonchev–Trinajstić information content (AvgIpc) is 2.44. The highest BCUT2D eigenvalue weighted by Gasteiger charge is 2.33. The van der Waals surface area contributed by atoms with Crippen LogP contribution in [0.3, 0.4) is 0 Å². The van der Waals surface area contributed by atoms with Crippen LogP contribution in [0.15, 0.2) is 24.3 Å². The van der Waals surface area contributed by atoms with Gasteiger partial charge in [0.15, 0.2) is 0 Å². The van der Waals surface area contributed by atoms with Gasteiger partial charge in [0.05, 0.1) is 11.6 Å². The first-order valence-electron chi connectivity index (χ1n) is 7.35. The molecule has 1 amide bonds. The summed E-state index contributed by atoms with van der Waals surface area (Å²) in [7, 11) is 0. The zero-order chi connectivity index (χ0) is 15.5. The minimum Gasteiger partial charge on any atom is -0.363 e. The predicted octanol–water partition coefficient (Wildman–Crippen LogP) is 2.11. The lowest BCUT2D eigenvalue weighted by Gasteiger charge is -2.39. The Hall–Kier alpha value is -1.46. The number of halogens is 1. The Balaban J connectivity index is 1.97. The lowest BCUT2D eigenvalue weighted by molar-refractivity contribution is -0.147. The second kappa shape index (κ2) is 6.54. The van der Waals surface area contributed by atoms with Crippen LogP contribution in [0.4, 0.5) is 4.39 Å². The van der Waals surface area contributed by atoms with Crippen LogP contribution in [0.5, 0.6) is 0 Å². The molecule has 4 nitrogen and oxygen atoms in total. The number of amides is 1. The smallest absolute Gasteiger partial charge is 0.249 e. The highest BCUT2D eigenvalue weighted by Crippen LogP contribution is 2.21. The summed E-state index contributed by atoms with van der Waals surface area (Å²) in [6, 6.07) is 6.17. The van der Waals surface area contributed by atoms with Crippen molar-refractivity contribution in [1.82, 2.24) is 10.2 Å². The molecule has 1 N–H and O–H groups in total. The molecule has 1 atom stereocenters. The Kier molecular flexibility index (Phi) is 4.96. The van der Waals surface area contributed by atoms with Gasteiger partial charge in [-0.05, 0) is 38.5 Å². The van der Waals surface area contributed by atoms with E-state index in [-0.39, 0.29) is 30.0 Å². The first-order valence-corrected chi connectivity index (χ1v) is 7.35. The molecule has 1 fully saturated rings. The SMILES string of the molecule is CCN(C(=O)COC1(C)CNC1)C(C)c1ccc(F)cc1.